The summed E-state index contributed by atoms with van der Waals surface area (Å²) >= 11 is 0. The maximum absolute atomic E-state index is 13.1. The Morgan fingerprint density at radius 2 is 1.83 bits per heavy atom. The van der Waals surface area contributed by atoms with Crippen molar-refractivity contribution in [1.29, 1.82) is 5.41 Å². The van der Waals surface area contributed by atoms with Crippen LogP contribution in [0.5, 0.6) is 0 Å². The van der Waals surface area contributed by atoms with Gasteiger partial charge >= 0.3 is 0 Å². The molecule has 0 atom stereocenters. The molecule has 0 bridgehead atoms. The Hall–Kier alpha value is -2.77. The lowest BCUT2D eigenvalue weighted by Gasteiger charge is -2.17. The monoisotopic (exact) mass is 339 g/mol. The van der Waals surface area contributed by atoms with E-state index in [2.05, 4.69) is 4.98 Å². The Kier molecular flexibility index (Phi) is 5.28. The number of benzene rings is 1. The van der Waals surface area contributed by atoms with Crippen LogP contribution in [0.2, 0.25) is 0 Å². The molecule has 0 aliphatic heterocycles. The molecule has 0 fully saturated rings. The summed E-state index contributed by atoms with van der Waals surface area (Å²) in [5, 5.41) is 7.79. The van der Waals surface area contributed by atoms with E-state index in [9.17, 15) is 22.4 Å². The minimum absolute atomic E-state index is 0.144. The number of anilines is 1. The predicted octanol–water partition coefficient (Wildman–Crippen LogP) is 3.52. The Labute approximate surface area is 135 Å². The van der Waals surface area contributed by atoms with Gasteiger partial charge in [0.25, 0.3) is 12.3 Å². The minimum atomic E-state index is -2.72. The zero-order valence-corrected chi connectivity index (χ0v) is 12.6. The zero-order valence-electron chi connectivity index (χ0n) is 12.6. The van der Waals surface area contributed by atoms with Crippen molar-refractivity contribution in [3.05, 3.63) is 59.4 Å². The van der Waals surface area contributed by atoms with E-state index in [0.717, 1.165) is 29.3 Å². The number of rotatable bonds is 5. The molecule has 1 amide bonds. The third-order valence-electron chi connectivity index (χ3n) is 3.25. The van der Waals surface area contributed by atoms with Crippen molar-refractivity contribution in [2.45, 2.75) is 12.8 Å². The van der Waals surface area contributed by atoms with Crippen LogP contribution in [0.1, 0.15) is 17.7 Å². The van der Waals surface area contributed by atoms with Crippen molar-refractivity contribution in [3.63, 3.8) is 0 Å². The van der Waals surface area contributed by atoms with Gasteiger partial charge in [-0.25, -0.2) is 17.6 Å². The third kappa shape index (κ3) is 4.15. The highest BCUT2D eigenvalue weighted by molar-refractivity contribution is 6.42. The first-order valence-corrected chi connectivity index (χ1v) is 6.82. The van der Waals surface area contributed by atoms with Crippen LogP contribution in [0.25, 0.3) is 0 Å². The normalized spacial score (nSPS) is 10.8. The summed E-state index contributed by atoms with van der Waals surface area (Å²) < 4.78 is 51.2. The number of nitrogens with zero attached hydrogens (tertiary/aromatic N) is 2. The Morgan fingerprint density at radius 1 is 1.21 bits per heavy atom. The molecule has 0 spiro atoms. The molecule has 1 aromatic heterocycles. The number of amides is 1. The summed E-state index contributed by atoms with van der Waals surface area (Å²) in [4.78, 5) is 16.8. The molecule has 8 heteroatoms. The first-order chi connectivity index (χ1) is 11.3. The SMILES string of the molecule is CN(C(=O)C(=N)Cc1cc(F)cc(F)c1)c1ccc(C(F)F)nc1. The number of alkyl halides is 2. The lowest BCUT2D eigenvalue weighted by atomic mass is 10.1. The lowest BCUT2D eigenvalue weighted by molar-refractivity contribution is -0.112. The highest BCUT2D eigenvalue weighted by atomic mass is 19.3. The summed E-state index contributed by atoms with van der Waals surface area (Å²) in [7, 11) is 1.35. The van der Waals surface area contributed by atoms with Crippen LogP contribution < -0.4 is 4.90 Å². The minimum Gasteiger partial charge on any atom is -0.309 e. The van der Waals surface area contributed by atoms with Gasteiger partial charge in [-0.05, 0) is 29.8 Å². The molecule has 1 N–H and O–H groups in total. The van der Waals surface area contributed by atoms with E-state index in [1.54, 1.807) is 0 Å². The second kappa shape index (κ2) is 7.20. The maximum atomic E-state index is 13.1. The lowest BCUT2D eigenvalue weighted by Crippen LogP contribution is -2.34. The average molecular weight is 339 g/mol. The van der Waals surface area contributed by atoms with E-state index < -0.39 is 35.4 Å². The van der Waals surface area contributed by atoms with Gasteiger partial charge in [0.1, 0.15) is 23.0 Å². The quantitative estimate of drug-likeness (QED) is 0.669. The number of carbonyl (C=O) groups excluding carboxylic acids is 1. The molecule has 0 unspecified atom stereocenters. The number of aromatic nitrogens is 1. The second-order valence-corrected chi connectivity index (χ2v) is 5.04. The number of pyridine rings is 1. The topological polar surface area (TPSA) is 57.1 Å². The smallest absolute Gasteiger partial charge is 0.280 e. The summed E-state index contributed by atoms with van der Waals surface area (Å²) in [5.74, 6) is -2.33. The van der Waals surface area contributed by atoms with Crippen LogP contribution in [0.3, 0.4) is 0 Å². The van der Waals surface area contributed by atoms with Crippen LogP contribution >= 0.6 is 0 Å². The van der Waals surface area contributed by atoms with Gasteiger partial charge < -0.3 is 4.90 Å². The summed E-state index contributed by atoms with van der Waals surface area (Å²) in [6.45, 7) is 0. The van der Waals surface area contributed by atoms with Crippen LogP contribution in [0, 0.1) is 17.0 Å². The fraction of sp³-hybridized carbons (Fsp3) is 0.188. The molecule has 126 valence electrons. The van der Waals surface area contributed by atoms with Gasteiger partial charge in [-0.1, -0.05) is 0 Å². The van der Waals surface area contributed by atoms with Gasteiger partial charge in [-0.15, -0.1) is 0 Å². The largest absolute Gasteiger partial charge is 0.309 e. The van der Waals surface area contributed by atoms with E-state index in [1.165, 1.54) is 13.1 Å². The molecule has 0 aliphatic carbocycles. The molecule has 4 nitrogen and oxygen atoms in total. The molecule has 1 aromatic carbocycles. The molecule has 0 radical (unpaired) electrons. The van der Waals surface area contributed by atoms with E-state index in [4.69, 9.17) is 5.41 Å². The van der Waals surface area contributed by atoms with Crippen molar-refractivity contribution >= 4 is 17.3 Å². The summed E-state index contributed by atoms with van der Waals surface area (Å²) in [5.41, 5.74) is -0.463. The number of nitrogens with one attached hydrogen (secondary N) is 1. The van der Waals surface area contributed by atoms with Crippen LogP contribution in [-0.2, 0) is 11.2 Å². The Bertz CT molecular complexity index is 742. The van der Waals surface area contributed by atoms with E-state index in [-0.39, 0.29) is 17.7 Å². The molecule has 0 saturated heterocycles. The third-order valence-corrected chi connectivity index (χ3v) is 3.25. The first-order valence-electron chi connectivity index (χ1n) is 6.82. The fourth-order valence-corrected chi connectivity index (χ4v) is 2.04. The highest BCUT2D eigenvalue weighted by Gasteiger charge is 2.18. The van der Waals surface area contributed by atoms with Crippen LogP contribution in [0.4, 0.5) is 23.2 Å². The van der Waals surface area contributed by atoms with Crippen molar-refractivity contribution < 1.29 is 22.4 Å². The number of hydrogen-bond donors (Lipinski definition) is 1. The van der Waals surface area contributed by atoms with Crippen molar-refractivity contribution in [1.82, 2.24) is 4.98 Å². The molecule has 0 aliphatic rings. The van der Waals surface area contributed by atoms with Crippen molar-refractivity contribution in [3.8, 4) is 0 Å². The van der Waals surface area contributed by atoms with Gasteiger partial charge in [0.05, 0.1) is 11.9 Å². The molecule has 2 aromatic rings. The molecule has 2 rings (SSSR count). The molecule has 24 heavy (non-hydrogen) atoms. The van der Waals surface area contributed by atoms with Gasteiger partial charge in [-0.3, -0.25) is 15.2 Å². The van der Waals surface area contributed by atoms with Gasteiger partial charge in [0.2, 0.25) is 0 Å². The summed E-state index contributed by atoms with van der Waals surface area (Å²) in [6.07, 6.45) is -1.89. The highest BCUT2D eigenvalue weighted by Crippen LogP contribution is 2.19. The maximum Gasteiger partial charge on any atom is 0.280 e. The Balaban J connectivity index is 2.10. The number of hydrogen-bond acceptors (Lipinski definition) is 3. The van der Waals surface area contributed by atoms with Crippen molar-refractivity contribution in [2.24, 2.45) is 0 Å². The summed E-state index contributed by atoms with van der Waals surface area (Å²) in [6, 6.07) is 5.11. The van der Waals surface area contributed by atoms with Gasteiger partial charge in [0.15, 0.2) is 0 Å². The van der Waals surface area contributed by atoms with E-state index in [0.29, 0.717) is 6.07 Å². The van der Waals surface area contributed by atoms with Crippen LogP contribution in [0.15, 0.2) is 36.5 Å². The predicted molar refractivity (Wildman–Crippen MR) is 80.4 cm³/mol. The molecular formula is C16H13F4N3O. The van der Waals surface area contributed by atoms with E-state index >= 15 is 0 Å². The number of carbonyl (C=O) groups is 1. The zero-order chi connectivity index (χ0) is 17.9. The average Bonchev–Trinajstić information content (AvgIpc) is 2.52. The molecular weight excluding hydrogens is 326 g/mol. The molecule has 0 saturated carbocycles. The van der Waals surface area contributed by atoms with Gasteiger partial charge in [0, 0.05) is 19.5 Å². The Morgan fingerprint density at radius 3 is 2.33 bits per heavy atom. The first kappa shape index (κ1) is 17.6. The second-order valence-electron chi connectivity index (χ2n) is 5.04. The molecule has 1 heterocycles. The number of halogens is 4. The van der Waals surface area contributed by atoms with Crippen LogP contribution in [-0.4, -0.2) is 23.7 Å². The van der Waals surface area contributed by atoms with Crippen molar-refractivity contribution in [2.75, 3.05) is 11.9 Å². The van der Waals surface area contributed by atoms with E-state index in [1.807, 2.05) is 0 Å². The fourth-order valence-electron chi connectivity index (χ4n) is 2.04. The van der Waals surface area contributed by atoms with Gasteiger partial charge in [-0.2, -0.15) is 0 Å². The standard InChI is InChI=1S/C16H13F4N3O/c1-23(12-2-3-14(15(19)20)22-8-12)16(24)13(21)6-9-4-10(17)7-11(18)5-9/h2-5,7-8,15,21H,6H2,1H3.